The van der Waals surface area contributed by atoms with Crippen molar-refractivity contribution < 1.29 is 14.8 Å². The van der Waals surface area contributed by atoms with Crippen LogP contribution in [0.4, 0.5) is 5.69 Å². The van der Waals surface area contributed by atoms with Gasteiger partial charge in [-0.2, -0.15) is 0 Å². The number of hydrogen-bond acceptors (Lipinski definition) is 5. The molecule has 5 nitrogen and oxygen atoms in total. The van der Waals surface area contributed by atoms with E-state index in [9.17, 15) is 9.59 Å². The Morgan fingerprint density at radius 1 is 1.47 bits per heavy atom. The highest BCUT2D eigenvalue weighted by Crippen LogP contribution is 2.24. The van der Waals surface area contributed by atoms with Crippen molar-refractivity contribution in [2.45, 2.75) is 5.37 Å². The van der Waals surface area contributed by atoms with Crippen molar-refractivity contribution in [3.8, 4) is 0 Å². The van der Waals surface area contributed by atoms with Gasteiger partial charge >= 0.3 is 0 Å². The predicted molar refractivity (Wildman–Crippen MR) is 65.2 cm³/mol. The quantitative estimate of drug-likeness (QED) is 0.625. The number of thioether (sulfide) groups is 1. The third-order valence-corrected chi connectivity index (χ3v) is 3.69. The lowest BCUT2D eigenvalue weighted by molar-refractivity contribution is -0.109. The van der Waals surface area contributed by atoms with E-state index < -0.39 is 0 Å². The Morgan fingerprint density at radius 3 is 2.76 bits per heavy atom. The molecule has 1 aromatic carbocycles. The molecule has 1 fully saturated rings. The Balaban J connectivity index is 2.15. The lowest BCUT2D eigenvalue weighted by Crippen LogP contribution is -2.35. The van der Waals surface area contributed by atoms with Crippen LogP contribution in [-0.2, 0) is 4.79 Å². The summed E-state index contributed by atoms with van der Waals surface area (Å²) in [5.74, 6) is 0.627. The molecule has 1 amide bonds. The van der Waals surface area contributed by atoms with Gasteiger partial charge < -0.3 is 9.69 Å². The number of nitrogens with one attached hydrogen (secondary N) is 1. The first-order chi connectivity index (χ1) is 8.26. The van der Waals surface area contributed by atoms with E-state index in [-0.39, 0.29) is 11.3 Å². The fourth-order valence-electron chi connectivity index (χ4n) is 1.67. The first-order valence-electron chi connectivity index (χ1n) is 5.14. The van der Waals surface area contributed by atoms with Crippen LogP contribution in [0.3, 0.4) is 0 Å². The minimum Gasteiger partial charge on any atom is -0.319 e. The van der Waals surface area contributed by atoms with Crippen LogP contribution in [0.25, 0.3) is 0 Å². The summed E-state index contributed by atoms with van der Waals surface area (Å²) in [4.78, 5) is 24.4. The first-order valence-corrected chi connectivity index (χ1v) is 6.19. The summed E-state index contributed by atoms with van der Waals surface area (Å²) in [6.07, 6.45) is 0.791. The van der Waals surface area contributed by atoms with Crippen molar-refractivity contribution in [1.29, 1.82) is 0 Å². The number of carbonyl (C=O) groups excluding carboxylic acids is 2. The standard InChI is InChI=1S/C11H12N2O3S/c14-7-10-13(5-6-17-10)11(15)8-1-3-9(12-16)4-2-8/h1-4,7,10,12,16H,5-6H2. The van der Waals surface area contributed by atoms with Crippen LogP contribution in [0.15, 0.2) is 24.3 Å². The van der Waals surface area contributed by atoms with Crippen LogP contribution in [-0.4, -0.2) is 40.0 Å². The van der Waals surface area contributed by atoms with Crippen LogP contribution < -0.4 is 5.48 Å². The van der Waals surface area contributed by atoms with Gasteiger partial charge in [-0.25, -0.2) is 0 Å². The fraction of sp³-hybridized carbons (Fsp3) is 0.273. The number of rotatable bonds is 3. The third-order valence-electron chi connectivity index (χ3n) is 2.57. The van der Waals surface area contributed by atoms with Gasteiger partial charge in [0.25, 0.3) is 5.91 Å². The highest BCUT2D eigenvalue weighted by atomic mass is 32.2. The van der Waals surface area contributed by atoms with Gasteiger partial charge in [0.2, 0.25) is 0 Å². The van der Waals surface area contributed by atoms with E-state index in [2.05, 4.69) is 0 Å². The van der Waals surface area contributed by atoms with Gasteiger partial charge in [0.1, 0.15) is 5.37 Å². The maximum Gasteiger partial charge on any atom is 0.255 e. The van der Waals surface area contributed by atoms with E-state index in [4.69, 9.17) is 5.21 Å². The van der Waals surface area contributed by atoms with Crippen molar-refractivity contribution in [3.05, 3.63) is 29.8 Å². The van der Waals surface area contributed by atoms with Gasteiger partial charge in [0, 0.05) is 17.9 Å². The number of aldehydes is 1. The number of benzene rings is 1. The zero-order valence-electron chi connectivity index (χ0n) is 9.00. The maximum atomic E-state index is 12.1. The van der Waals surface area contributed by atoms with Crippen molar-refractivity contribution >= 4 is 29.6 Å². The van der Waals surface area contributed by atoms with Gasteiger partial charge in [-0.3, -0.25) is 15.5 Å². The van der Waals surface area contributed by atoms with Crippen LogP contribution in [0.5, 0.6) is 0 Å². The second-order valence-electron chi connectivity index (χ2n) is 3.59. The van der Waals surface area contributed by atoms with Crippen LogP contribution in [0, 0.1) is 0 Å². The zero-order chi connectivity index (χ0) is 12.3. The molecular weight excluding hydrogens is 240 g/mol. The molecule has 0 saturated carbocycles. The molecule has 1 aliphatic rings. The van der Waals surface area contributed by atoms with Crippen LogP contribution in [0.1, 0.15) is 10.4 Å². The molecule has 17 heavy (non-hydrogen) atoms. The highest BCUT2D eigenvalue weighted by Gasteiger charge is 2.29. The molecule has 1 atom stereocenters. The van der Waals surface area contributed by atoms with E-state index in [0.717, 1.165) is 12.0 Å². The summed E-state index contributed by atoms with van der Waals surface area (Å²) in [6, 6.07) is 6.44. The molecule has 1 aromatic rings. The SMILES string of the molecule is O=CC1SCCN1C(=O)c1ccc(NO)cc1. The van der Waals surface area contributed by atoms with Crippen LogP contribution in [0.2, 0.25) is 0 Å². The number of hydrogen-bond donors (Lipinski definition) is 2. The number of nitrogens with zero attached hydrogens (tertiary/aromatic N) is 1. The zero-order valence-corrected chi connectivity index (χ0v) is 9.81. The van der Waals surface area contributed by atoms with E-state index in [1.54, 1.807) is 29.2 Å². The summed E-state index contributed by atoms with van der Waals surface area (Å²) in [5, 5.41) is 8.29. The molecule has 0 radical (unpaired) electrons. The Bertz CT molecular complexity index is 421. The third kappa shape index (κ3) is 2.42. The lowest BCUT2D eigenvalue weighted by Gasteiger charge is -2.19. The number of carbonyl (C=O) groups is 2. The molecule has 1 heterocycles. The van der Waals surface area contributed by atoms with Gasteiger partial charge in [0.15, 0.2) is 6.29 Å². The molecule has 6 heteroatoms. The van der Waals surface area contributed by atoms with E-state index in [1.807, 2.05) is 5.48 Å². The topological polar surface area (TPSA) is 69.6 Å². The molecule has 0 bridgehead atoms. The highest BCUT2D eigenvalue weighted by molar-refractivity contribution is 8.00. The molecule has 2 rings (SSSR count). The number of anilines is 1. The first kappa shape index (κ1) is 11.9. The average molecular weight is 252 g/mol. The van der Waals surface area contributed by atoms with E-state index >= 15 is 0 Å². The largest absolute Gasteiger partial charge is 0.319 e. The molecule has 90 valence electrons. The molecule has 1 saturated heterocycles. The minimum atomic E-state index is -0.377. The Hall–Kier alpha value is -1.53. The Morgan fingerprint density at radius 2 is 2.18 bits per heavy atom. The minimum absolute atomic E-state index is 0.156. The van der Waals surface area contributed by atoms with E-state index in [1.165, 1.54) is 11.8 Å². The summed E-state index contributed by atoms with van der Waals surface area (Å²) < 4.78 is 0. The molecular formula is C11H12N2O3S. The van der Waals surface area contributed by atoms with Crippen molar-refractivity contribution in [2.24, 2.45) is 0 Å². The summed E-state index contributed by atoms with van der Waals surface area (Å²) in [6.45, 7) is 0.590. The fourth-order valence-corrected chi connectivity index (χ4v) is 2.68. The van der Waals surface area contributed by atoms with Gasteiger partial charge in [-0.15, -0.1) is 11.8 Å². The van der Waals surface area contributed by atoms with Gasteiger partial charge in [0.05, 0.1) is 5.69 Å². The predicted octanol–water partition coefficient (Wildman–Crippen LogP) is 1.20. The van der Waals surface area contributed by atoms with Crippen molar-refractivity contribution in [2.75, 3.05) is 17.8 Å². The van der Waals surface area contributed by atoms with Gasteiger partial charge in [-0.05, 0) is 24.3 Å². The maximum absolute atomic E-state index is 12.1. The summed E-state index contributed by atoms with van der Waals surface area (Å²) in [5.41, 5.74) is 3.03. The summed E-state index contributed by atoms with van der Waals surface area (Å²) in [7, 11) is 0. The van der Waals surface area contributed by atoms with E-state index in [0.29, 0.717) is 17.8 Å². The molecule has 1 aliphatic heterocycles. The molecule has 0 spiro atoms. The lowest BCUT2D eigenvalue weighted by atomic mass is 10.2. The molecule has 2 N–H and O–H groups in total. The van der Waals surface area contributed by atoms with Crippen molar-refractivity contribution in [3.63, 3.8) is 0 Å². The van der Waals surface area contributed by atoms with Crippen molar-refractivity contribution in [1.82, 2.24) is 4.90 Å². The Labute approximate surface area is 103 Å². The average Bonchev–Trinajstić information content (AvgIpc) is 2.86. The second-order valence-corrected chi connectivity index (χ2v) is 4.81. The molecule has 0 aliphatic carbocycles. The molecule has 1 unspecified atom stereocenters. The smallest absolute Gasteiger partial charge is 0.255 e. The number of amides is 1. The second kappa shape index (κ2) is 5.20. The van der Waals surface area contributed by atoms with Crippen LogP contribution >= 0.6 is 11.8 Å². The Kier molecular flexibility index (Phi) is 3.65. The monoisotopic (exact) mass is 252 g/mol. The normalized spacial score (nSPS) is 19.1. The van der Waals surface area contributed by atoms with Gasteiger partial charge in [-0.1, -0.05) is 0 Å². The molecule has 0 aromatic heterocycles. The summed E-state index contributed by atoms with van der Waals surface area (Å²) >= 11 is 1.47.